The van der Waals surface area contributed by atoms with Crippen LogP contribution in [0.4, 0.5) is 0 Å². The molecule has 1 aliphatic heterocycles. The quantitative estimate of drug-likeness (QED) is 0.896. The first-order valence-electron chi connectivity index (χ1n) is 7.53. The summed E-state index contributed by atoms with van der Waals surface area (Å²) in [6.45, 7) is 4.91. The molecular weight excluding hydrogens is 318 g/mol. The summed E-state index contributed by atoms with van der Waals surface area (Å²) in [5.41, 5.74) is 3.05. The van der Waals surface area contributed by atoms with Gasteiger partial charge in [0.1, 0.15) is 11.2 Å². The second kappa shape index (κ2) is 6.10. The van der Waals surface area contributed by atoms with Crippen LogP contribution in [-0.2, 0) is 21.8 Å². The van der Waals surface area contributed by atoms with E-state index in [4.69, 9.17) is 9.15 Å². The molecule has 3 rings (SSSR count). The van der Waals surface area contributed by atoms with Crippen molar-refractivity contribution in [3.63, 3.8) is 0 Å². The third kappa shape index (κ3) is 3.06. The Morgan fingerprint density at radius 3 is 2.83 bits per heavy atom. The Kier molecular flexibility index (Phi) is 4.31. The lowest BCUT2D eigenvalue weighted by Gasteiger charge is -2.19. The molecule has 23 heavy (non-hydrogen) atoms. The van der Waals surface area contributed by atoms with Crippen LogP contribution in [0.5, 0.6) is 0 Å². The normalized spacial score (nSPS) is 21.9. The first kappa shape index (κ1) is 16.2. The third-order valence-corrected chi connectivity index (χ3v) is 5.80. The molecule has 7 nitrogen and oxygen atoms in total. The Balaban J connectivity index is 1.75. The predicted octanol–water partition coefficient (Wildman–Crippen LogP) is 1.69. The van der Waals surface area contributed by atoms with Crippen molar-refractivity contribution in [1.82, 2.24) is 14.5 Å². The fourth-order valence-electron chi connectivity index (χ4n) is 3.07. The SMILES string of the molecule is Cc1nn(C)c(C)c1[C@H]1OCC[C@@H]1CNS(=O)(=O)c1ccoc1. The minimum atomic E-state index is -3.55. The van der Waals surface area contributed by atoms with Crippen LogP contribution in [0.25, 0.3) is 0 Å². The summed E-state index contributed by atoms with van der Waals surface area (Å²) in [5, 5.41) is 4.42. The van der Waals surface area contributed by atoms with E-state index in [0.717, 1.165) is 23.4 Å². The number of sulfonamides is 1. The molecule has 1 aliphatic rings. The van der Waals surface area contributed by atoms with E-state index in [0.29, 0.717) is 13.2 Å². The van der Waals surface area contributed by atoms with Crippen molar-refractivity contribution in [3.8, 4) is 0 Å². The van der Waals surface area contributed by atoms with Crippen molar-refractivity contribution < 1.29 is 17.6 Å². The van der Waals surface area contributed by atoms with Gasteiger partial charge in [-0.25, -0.2) is 13.1 Å². The van der Waals surface area contributed by atoms with Crippen molar-refractivity contribution in [2.24, 2.45) is 13.0 Å². The van der Waals surface area contributed by atoms with Gasteiger partial charge in [0, 0.05) is 37.4 Å². The highest BCUT2D eigenvalue weighted by Crippen LogP contribution is 2.37. The summed E-state index contributed by atoms with van der Waals surface area (Å²) in [4.78, 5) is 0.140. The van der Waals surface area contributed by atoms with Crippen LogP contribution in [0.3, 0.4) is 0 Å². The van der Waals surface area contributed by atoms with E-state index in [-0.39, 0.29) is 16.9 Å². The molecule has 0 saturated carbocycles. The highest BCUT2D eigenvalue weighted by atomic mass is 32.2. The van der Waals surface area contributed by atoms with Gasteiger partial charge in [0.15, 0.2) is 0 Å². The zero-order valence-electron chi connectivity index (χ0n) is 13.4. The van der Waals surface area contributed by atoms with E-state index < -0.39 is 10.0 Å². The fourth-order valence-corrected chi connectivity index (χ4v) is 4.09. The number of hydrogen-bond acceptors (Lipinski definition) is 5. The van der Waals surface area contributed by atoms with E-state index in [1.54, 1.807) is 0 Å². The van der Waals surface area contributed by atoms with E-state index in [1.165, 1.54) is 18.6 Å². The molecule has 0 amide bonds. The first-order valence-corrected chi connectivity index (χ1v) is 9.02. The minimum Gasteiger partial charge on any atom is -0.471 e. The maximum Gasteiger partial charge on any atom is 0.243 e. The summed E-state index contributed by atoms with van der Waals surface area (Å²) in [6, 6.07) is 1.43. The Bertz CT molecular complexity index is 780. The van der Waals surface area contributed by atoms with Gasteiger partial charge in [-0.15, -0.1) is 0 Å². The van der Waals surface area contributed by atoms with E-state index in [9.17, 15) is 8.42 Å². The molecule has 0 bridgehead atoms. The summed E-state index contributed by atoms with van der Waals surface area (Å²) in [5.74, 6) is 0.0817. The molecule has 0 radical (unpaired) electrons. The first-order chi connectivity index (χ1) is 10.9. The van der Waals surface area contributed by atoms with E-state index >= 15 is 0 Å². The van der Waals surface area contributed by atoms with E-state index in [2.05, 4.69) is 9.82 Å². The van der Waals surface area contributed by atoms with Crippen LogP contribution in [0.15, 0.2) is 27.9 Å². The summed E-state index contributed by atoms with van der Waals surface area (Å²) in [7, 11) is -1.65. The van der Waals surface area contributed by atoms with Crippen LogP contribution in [0.2, 0.25) is 0 Å². The number of nitrogens with one attached hydrogen (secondary N) is 1. The molecule has 2 aromatic rings. The third-order valence-electron chi connectivity index (χ3n) is 4.40. The number of hydrogen-bond donors (Lipinski definition) is 1. The van der Waals surface area contributed by atoms with Gasteiger partial charge >= 0.3 is 0 Å². The number of rotatable bonds is 5. The molecule has 1 fully saturated rings. The highest BCUT2D eigenvalue weighted by molar-refractivity contribution is 7.89. The van der Waals surface area contributed by atoms with Crippen LogP contribution >= 0.6 is 0 Å². The smallest absolute Gasteiger partial charge is 0.243 e. The average molecular weight is 339 g/mol. The Hall–Kier alpha value is -1.64. The number of aromatic nitrogens is 2. The average Bonchev–Trinajstić information content (AvgIpc) is 3.20. The number of nitrogens with zero attached hydrogens (tertiary/aromatic N) is 2. The van der Waals surface area contributed by atoms with Crippen molar-refractivity contribution in [1.29, 1.82) is 0 Å². The lowest BCUT2D eigenvalue weighted by Crippen LogP contribution is -2.30. The van der Waals surface area contributed by atoms with E-state index in [1.807, 2.05) is 25.6 Å². The second-order valence-corrected chi connectivity index (χ2v) is 7.63. The Morgan fingerprint density at radius 1 is 1.43 bits per heavy atom. The van der Waals surface area contributed by atoms with Gasteiger partial charge < -0.3 is 9.15 Å². The standard InChI is InChI=1S/C15H21N3O4S/c1-10-14(11(2)18(3)17-10)15-12(4-7-22-15)8-16-23(19,20)13-5-6-21-9-13/h5-6,9,12,15-16H,4,7-8H2,1-3H3/t12-,15+/m1/s1. The second-order valence-electron chi connectivity index (χ2n) is 5.86. The van der Waals surface area contributed by atoms with Gasteiger partial charge in [0.2, 0.25) is 10.0 Å². The van der Waals surface area contributed by atoms with Crippen LogP contribution in [0.1, 0.15) is 29.5 Å². The molecule has 0 spiro atoms. The van der Waals surface area contributed by atoms with Crippen molar-refractivity contribution >= 4 is 10.0 Å². The molecule has 0 aromatic carbocycles. The van der Waals surface area contributed by atoms with Crippen LogP contribution in [0, 0.1) is 19.8 Å². The lowest BCUT2D eigenvalue weighted by molar-refractivity contribution is 0.0906. The van der Waals surface area contributed by atoms with Crippen LogP contribution in [-0.4, -0.2) is 31.3 Å². The van der Waals surface area contributed by atoms with Crippen molar-refractivity contribution in [2.75, 3.05) is 13.2 Å². The summed E-state index contributed by atoms with van der Waals surface area (Å²) < 4.78 is 39.6. The monoisotopic (exact) mass is 339 g/mol. The van der Waals surface area contributed by atoms with Crippen molar-refractivity contribution in [2.45, 2.75) is 31.3 Å². The largest absolute Gasteiger partial charge is 0.471 e. The summed E-state index contributed by atoms with van der Waals surface area (Å²) in [6.07, 6.45) is 3.25. The minimum absolute atomic E-state index is 0.0817. The van der Waals surface area contributed by atoms with Gasteiger partial charge in [-0.1, -0.05) is 0 Å². The molecule has 8 heteroatoms. The molecule has 0 aliphatic carbocycles. The van der Waals surface area contributed by atoms with Gasteiger partial charge in [-0.05, 0) is 26.3 Å². The number of aryl methyl sites for hydroxylation is 2. The molecule has 3 heterocycles. The predicted molar refractivity (Wildman–Crippen MR) is 83.4 cm³/mol. The fraction of sp³-hybridized carbons (Fsp3) is 0.533. The van der Waals surface area contributed by atoms with Gasteiger partial charge in [-0.2, -0.15) is 5.10 Å². The number of ether oxygens (including phenoxy) is 1. The highest BCUT2D eigenvalue weighted by Gasteiger charge is 2.34. The molecule has 2 aromatic heterocycles. The van der Waals surface area contributed by atoms with Gasteiger partial charge in [0.25, 0.3) is 0 Å². The maximum absolute atomic E-state index is 12.2. The molecule has 1 N–H and O–H groups in total. The zero-order chi connectivity index (χ0) is 16.6. The number of furan rings is 1. The maximum atomic E-state index is 12.2. The van der Waals surface area contributed by atoms with Gasteiger partial charge in [-0.3, -0.25) is 4.68 Å². The Labute approximate surface area is 135 Å². The summed E-state index contributed by atoms with van der Waals surface area (Å²) >= 11 is 0. The lowest BCUT2D eigenvalue weighted by atomic mass is 9.94. The zero-order valence-corrected chi connectivity index (χ0v) is 14.3. The Morgan fingerprint density at radius 2 is 2.22 bits per heavy atom. The molecule has 126 valence electrons. The molecular formula is C15H21N3O4S. The topological polar surface area (TPSA) is 86.4 Å². The van der Waals surface area contributed by atoms with Gasteiger partial charge in [0.05, 0.1) is 18.1 Å². The molecule has 1 saturated heterocycles. The molecule has 0 unspecified atom stereocenters. The molecule has 2 atom stereocenters. The van der Waals surface area contributed by atoms with Crippen LogP contribution < -0.4 is 4.72 Å². The van der Waals surface area contributed by atoms with Crippen molar-refractivity contribution in [3.05, 3.63) is 35.5 Å².